The van der Waals surface area contributed by atoms with E-state index < -0.39 is 6.10 Å². The minimum absolute atomic E-state index is 0.234. The maximum absolute atomic E-state index is 9.87. The summed E-state index contributed by atoms with van der Waals surface area (Å²) in [5.74, 6) is 0.643. The van der Waals surface area contributed by atoms with Crippen molar-refractivity contribution in [1.82, 2.24) is 10.2 Å². The Morgan fingerprint density at radius 1 is 1.15 bits per heavy atom. The van der Waals surface area contributed by atoms with Gasteiger partial charge < -0.3 is 20.1 Å². The zero-order valence-corrected chi connectivity index (χ0v) is 13.6. The summed E-state index contributed by atoms with van der Waals surface area (Å²) in [5, 5.41) is 13.2. The molecule has 1 fully saturated rings. The SMILES string of the molecule is CC(C)CC(C)OCC(O)CNCCN1CCCCC1. The van der Waals surface area contributed by atoms with E-state index >= 15 is 0 Å². The lowest BCUT2D eigenvalue weighted by Crippen LogP contribution is -2.39. The summed E-state index contributed by atoms with van der Waals surface area (Å²) in [5.41, 5.74) is 0. The first-order valence-electron chi connectivity index (χ1n) is 8.30. The van der Waals surface area contributed by atoms with Gasteiger partial charge in [-0.3, -0.25) is 0 Å². The molecule has 2 N–H and O–H groups in total. The Balaban J connectivity index is 1.95. The quantitative estimate of drug-likeness (QED) is 0.602. The highest BCUT2D eigenvalue weighted by Gasteiger charge is 2.11. The Hall–Kier alpha value is -0.160. The summed E-state index contributed by atoms with van der Waals surface area (Å²) >= 11 is 0. The number of rotatable bonds is 10. The molecule has 1 saturated heterocycles. The maximum Gasteiger partial charge on any atom is 0.0897 e. The van der Waals surface area contributed by atoms with Crippen LogP contribution in [0.4, 0.5) is 0 Å². The first kappa shape index (κ1) is 17.9. The van der Waals surface area contributed by atoms with Gasteiger partial charge in [0.25, 0.3) is 0 Å². The Morgan fingerprint density at radius 2 is 1.85 bits per heavy atom. The van der Waals surface area contributed by atoms with Crippen molar-refractivity contribution in [3.05, 3.63) is 0 Å². The van der Waals surface area contributed by atoms with Crippen LogP contribution in [-0.2, 0) is 4.74 Å². The van der Waals surface area contributed by atoms with Crippen molar-refractivity contribution in [2.45, 2.75) is 58.7 Å². The van der Waals surface area contributed by atoms with Crippen LogP contribution in [0.3, 0.4) is 0 Å². The Morgan fingerprint density at radius 3 is 2.50 bits per heavy atom. The maximum atomic E-state index is 9.87. The van der Waals surface area contributed by atoms with Crippen LogP contribution < -0.4 is 5.32 Å². The minimum atomic E-state index is -0.397. The van der Waals surface area contributed by atoms with E-state index in [1.807, 2.05) is 0 Å². The first-order chi connectivity index (χ1) is 9.58. The van der Waals surface area contributed by atoms with Crippen LogP contribution in [0, 0.1) is 5.92 Å². The molecule has 0 aromatic rings. The number of aliphatic hydroxyl groups is 1. The zero-order chi connectivity index (χ0) is 14.8. The summed E-state index contributed by atoms with van der Waals surface area (Å²) in [4.78, 5) is 2.50. The van der Waals surface area contributed by atoms with Crippen LogP contribution in [0.1, 0.15) is 46.5 Å². The lowest BCUT2D eigenvalue weighted by molar-refractivity contribution is -0.00857. The first-order valence-corrected chi connectivity index (χ1v) is 8.30. The highest BCUT2D eigenvalue weighted by molar-refractivity contribution is 4.67. The summed E-state index contributed by atoms with van der Waals surface area (Å²) < 4.78 is 5.66. The van der Waals surface area contributed by atoms with Gasteiger partial charge in [0.1, 0.15) is 0 Å². The van der Waals surface area contributed by atoms with Crippen LogP contribution in [0.5, 0.6) is 0 Å². The van der Waals surface area contributed by atoms with Gasteiger partial charge in [-0.25, -0.2) is 0 Å². The lowest BCUT2D eigenvalue weighted by atomic mass is 10.1. The topological polar surface area (TPSA) is 44.7 Å². The molecule has 4 nitrogen and oxygen atoms in total. The van der Waals surface area contributed by atoms with Gasteiger partial charge in [0, 0.05) is 19.6 Å². The number of aliphatic hydroxyl groups excluding tert-OH is 1. The van der Waals surface area contributed by atoms with Gasteiger partial charge in [-0.15, -0.1) is 0 Å². The molecule has 0 aromatic heterocycles. The predicted molar refractivity (Wildman–Crippen MR) is 84.0 cm³/mol. The molecule has 1 heterocycles. The fourth-order valence-electron chi connectivity index (χ4n) is 2.76. The van der Waals surface area contributed by atoms with E-state index in [1.165, 1.54) is 32.4 Å². The van der Waals surface area contributed by atoms with Crippen molar-refractivity contribution >= 4 is 0 Å². The Bertz CT molecular complexity index is 231. The molecule has 0 amide bonds. The number of nitrogens with one attached hydrogen (secondary N) is 1. The number of likely N-dealkylation sites (tertiary alicyclic amines) is 1. The highest BCUT2D eigenvalue weighted by atomic mass is 16.5. The van der Waals surface area contributed by atoms with Crippen LogP contribution in [0.15, 0.2) is 0 Å². The number of nitrogens with zero attached hydrogens (tertiary/aromatic N) is 1. The fourth-order valence-corrected chi connectivity index (χ4v) is 2.76. The summed E-state index contributed by atoms with van der Waals surface area (Å²) in [7, 11) is 0. The molecule has 1 aliphatic rings. The Labute approximate surface area is 124 Å². The molecule has 0 saturated carbocycles. The summed E-state index contributed by atoms with van der Waals surface area (Å²) in [6.07, 6.45) is 4.95. The minimum Gasteiger partial charge on any atom is -0.389 e. The van der Waals surface area contributed by atoms with Crippen molar-refractivity contribution < 1.29 is 9.84 Å². The summed E-state index contributed by atoms with van der Waals surface area (Å²) in [6.45, 7) is 12.1. The monoisotopic (exact) mass is 286 g/mol. The average Bonchev–Trinajstić information content (AvgIpc) is 2.42. The summed E-state index contributed by atoms with van der Waals surface area (Å²) in [6, 6.07) is 0. The van der Waals surface area contributed by atoms with Crippen molar-refractivity contribution in [2.75, 3.05) is 39.3 Å². The molecule has 120 valence electrons. The molecular formula is C16H34N2O2. The number of ether oxygens (including phenoxy) is 1. The van der Waals surface area contributed by atoms with Gasteiger partial charge in [0.2, 0.25) is 0 Å². The van der Waals surface area contributed by atoms with Gasteiger partial charge in [-0.2, -0.15) is 0 Å². The van der Waals surface area contributed by atoms with E-state index in [2.05, 4.69) is 31.0 Å². The predicted octanol–water partition coefficient (Wildman–Crippen LogP) is 1.87. The molecule has 4 heteroatoms. The molecule has 0 bridgehead atoms. The lowest BCUT2D eigenvalue weighted by Gasteiger charge is -2.26. The number of hydrogen-bond donors (Lipinski definition) is 2. The molecular weight excluding hydrogens is 252 g/mol. The molecule has 0 radical (unpaired) electrons. The van der Waals surface area contributed by atoms with Crippen LogP contribution in [0.25, 0.3) is 0 Å². The van der Waals surface area contributed by atoms with E-state index in [0.717, 1.165) is 19.5 Å². The normalized spacial score (nSPS) is 20.2. The fraction of sp³-hybridized carbons (Fsp3) is 1.00. The third-order valence-corrected chi connectivity index (χ3v) is 3.81. The van der Waals surface area contributed by atoms with E-state index in [4.69, 9.17) is 4.74 Å². The van der Waals surface area contributed by atoms with E-state index in [9.17, 15) is 5.11 Å². The number of hydrogen-bond acceptors (Lipinski definition) is 4. The van der Waals surface area contributed by atoms with E-state index in [0.29, 0.717) is 19.1 Å². The molecule has 20 heavy (non-hydrogen) atoms. The molecule has 0 aliphatic carbocycles. The molecule has 2 unspecified atom stereocenters. The average molecular weight is 286 g/mol. The highest BCUT2D eigenvalue weighted by Crippen LogP contribution is 2.08. The number of piperidine rings is 1. The standard InChI is InChI=1S/C16H34N2O2/c1-14(2)11-15(3)20-13-16(19)12-17-7-10-18-8-5-4-6-9-18/h14-17,19H,4-13H2,1-3H3. The van der Waals surface area contributed by atoms with Gasteiger partial charge in [-0.05, 0) is 45.2 Å². The molecule has 2 atom stereocenters. The van der Waals surface area contributed by atoms with Crippen molar-refractivity contribution in [1.29, 1.82) is 0 Å². The molecule has 1 rings (SSSR count). The van der Waals surface area contributed by atoms with Crippen LogP contribution >= 0.6 is 0 Å². The molecule has 0 spiro atoms. The smallest absolute Gasteiger partial charge is 0.0897 e. The van der Waals surface area contributed by atoms with E-state index in [1.54, 1.807) is 0 Å². The molecule has 1 aliphatic heterocycles. The van der Waals surface area contributed by atoms with Crippen LogP contribution in [0.2, 0.25) is 0 Å². The van der Waals surface area contributed by atoms with Crippen molar-refractivity contribution in [3.63, 3.8) is 0 Å². The van der Waals surface area contributed by atoms with Gasteiger partial charge in [0.05, 0.1) is 18.8 Å². The van der Waals surface area contributed by atoms with Crippen LogP contribution in [-0.4, -0.2) is 61.5 Å². The second-order valence-electron chi connectivity index (χ2n) is 6.53. The van der Waals surface area contributed by atoms with E-state index in [-0.39, 0.29) is 6.10 Å². The third-order valence-electron chi connectivity index (χ3n) is 3.81. The zero-order valence-electron chi connectivity index (χ0n) is 13.6. The van der Waals surface area contributed by atoms with Crippen molar-refractivity contribution in [2.24, 2.45) is 5.92 Å². The van der Waals surface area contributed by atoms with Gasteiger partial charge in [0.15, 0.2) is 0 Å². The van der Waals surface area contributed by atoms with Gasteiger partial charge >= 0.3 is 0 Å². The third kappa shape index (κ3) is 8.90. The largest absolute Gasteiger partial charge is 0.389 e. The second-order valence-corrected chi connectivity index (χ2v) is 6.53. The molecule has 0 aromatic carbocycles. The Kier molecular flexibility index (Phi) is 9.44. The van der Waals surface area contributed by atoms with Crippen molar-refractivity contribution in [3.8, 4) is 0 Å². The second kappa shape index (κ2) is 10.6. The van der Waals surface area contributed by atoms with Gasteiger partial charge in [-0.1, -0.05) is 20.3 Å².